The molecule has 134 valence electrons. The van der Waals surface area contributed by atoms with E-state index in [0.717, 1.165) is 6.26 Å². The number of carbonyl (C=O) groups excluding carboxylic acids is 2. The van der Waals surface area contributed by atoms with Gasteiger partial charge in [0.05, 0.1) is 35.7 Å². The molecule has 1 heterocycles. The van der Waals surface area contributed by atoms with Gasteiger partial charge in [-0.1, -0.05) is 30.3 Å². The lowest BCUT2D eigenvalue weighted by Gasteiger charge is -2.10. The molecule has 3 rings (SSSR count). The smallest absolute Gasteiger partial charge is 0.340 e. The largest absolute Gasteiger partial charge is 0.465 e. The molecule has 2 aromatic carbocycles. The Labute approximate surface area is 150 Å². The number of nitrogens with zero attached hydrogens (tertiary/aromatic N) is 1. The van der Waals surface area contributed by atoms with Crippen molar-refractivity contribution in [3.8, 4) is 0 Å². The zero-order valence-corrected chi connectivity index (χ0v) is 14.9. The lowest BCUT2D eigenvalue weighted by atomic mass is 10.1. The Morgan fingerprint density at radius 2 is 1.65 bits per heavy atom. The quantitative estimate of drug-likeness (QED) is 0.710. The maximum Gasteiger partial charge on any atom is 0.340 e. The van der Waals surface area contributed by atoms with Gasteiger partial charge in [-0.2, -0.15) is 0 Å². The van der Waals surface area contributed by atoms with E-state index in [1.807, 2.05) is 0 Å². The van der Waals surface area contributed by atoms with Crippen LogP contribution in [0.2, 0.25) is 0 Å². The van der Waals surface area contributed by atoms with Gasteiger partial charge in [0.25, 0.3) is 5.91 Å². The monoisotopic (exact) mass is 372 g/mol. The molecule has 1 aromatic heterocycles. The number of hydrogen-bond donors (Lipinski definition) is 1. The van der Waals surface area contributed by atoms with E-state index in [4.69, 9.17) is 4.74 Å². The Bertz CT molecular complexity index is 1120. The van der Waals surface area contributed by atoms with E-state index in [0.29, 0.717) is 10.9 Å². The van der Waals surface area contributed by atoms with Gasteiger partial charge in [0.2, 0.25) is 10.0 Å². The van der Waals surface area contributed by atoms with Crippen molar-refractivity contribution in [2.75, 3.05) is 18.1 Å². The van der Waals surface area contributed by atoms with Crippen molar-refractivity contribution < 1.29 is 22.7 Å². The number of ether oxygens (including phenoxy) is 1. The van der Waals surface area contributed by atoms with Gasteiger partial charge in [0, 0.05) is 11.6 Å². The van der Waals surface area contributed by atoms with Crippen LogP contribution in [0.15, 0.2) is 54.7 Å². The molecular formula is C18H16N2O5S. The van der Waals surface area contributed by atoms with Crippen LogP contribution in [0.3, 0.4) is 0 Å². The molecule has 0 unspecified atom stereocenters. The lowest BCUT2D eigenvalue weighted by Crippen LogP contribution is -2.17. The molecule has 0 fully saturated rings. The highest BCUT2D eigenvalue weighted by Crippen LogP contribution is 2.25. The van der Waals surface area contributed by atoms with Gasteiger partial charge in [-0.3, -0.25) is 14.1 Å². The minimum atomic E-state index is -3.56. The third-order valence-electron chi connectivity index (χ3n) is 3.79. The minimum absolute atomic E-state index is 0.162. The van der Waals surface area contributed by atoms with Crippen LogP contribution in [0, 0.1) is 0 Å². The molecule has 8 heteroatoms. The molecule has 0 bridgehead atoms. The first-order valence-corrected chi connectivity index (χ1v) is 9.51. The van der Waals surface area contributed by atoms with Gasteiger partial charge in [-0.15, -0.1) is 0 Å². The van der Waals surface area contributed by atoms with Gasteiger partial charge >= 0.3 is 5.97 Å². The molecule has 0 aliphatic rings. The van der Waals surface area contributed by atoms with Crippen molar-refractivity contribution in [3.63, 3.8) is 0 Å². The number of nitrogens with one attached hydrogen (secondary N) is 1. The molecule has 26 heavy (non-hydrogen) atoms. The number of fused-ring (bicyclic) bond motifs is 1. The van der Waals surface area contributed by atoms with E-state index in [9.17, 15) is 18.0 Å². The molecule has 0 saturated heterocycles. The van der Waals surface area contributed by atoms with E-state index in [1.165, 1.54) is 30.0 Å². The van der Waals surface area contributed by atoms with Crippen molar-refractivity contribution in [2.45, 2.75) is 0 Å². The maximum atomic E-state index is 13.1. The first kappa shape index (κ1) is 17.7. The fourth-order valence-corrected chi connectivity index (χ4v) is 3.29. The molecule has 0 saturated carbocycles. The first-order chi connectivity index (χ1) is 12.3. The molecule has 7 nitrogen and oxygen atoms in total. The second-order valence-corrected chi connectivity index (χ2v) is 7.39. The molecule has 0 spiro atoms. The predicted molar refractivity (Wildman–Crippen MR) is 97.9 cm³/mol. The average molecular weight is 372 g/mol. The van der Waals surface area contributed by atoms with Crippen LogP contribution in [0.1, 0.15) is 20.7 Å². The van der Waals surface area contributed by atoms with Crippen molar-refractivity contribution in [3.05, 3.63) is 65.9 Å². The SMILES string of the molecule is COC(=O)c1cn(C(=O)c2ccccc2NS(C)(=O)=O)c2ccccc12. The van der Waals surface area contributed by atoms with Crippen LogP contribution in [0.4, 0.5) is 5.69 Å². The molecule has 0 radical (unpaired) electrons. The average Bonchev–Trinajstić information content (AvgIpc) is 2.99. The summed E-state index contributed by atoms with van der Waals surface area (Å²) >= 11 is 0. The highest BCUT2D eigenvalue weighted by atomic mass is 32.2. The highest BCUT2D eigenvalue weighted by molar-refractivity contribution is 7.92. The van der Waals surface area contributed by atoms with E-state index in [2.05, 4.69) is 4.72 Å². The van der Waals surface area contributed by atoms with Crippen LogP contribution in [-0.4, -0.2) is 38.2 Å². The molecule has 3 aromatic rings. The topological polar surface area (TPSA) is 94.5 Å². The third kappa shape index (κ3) is 3.31. The van der Waals surface area contributed by atoms with Gasteiger partial charge < -0.3 is 4.74 Å². The summed E-state index contributed by atoms with van der Waals surface area (Å²) in [6, 6.07) is 13.2. The number of sulfonamides is 1. The van der Waals surface area contributed by atoms with E-state index in [-0.39, 0.29) is 16.8 Å². The van der Waals surface area contributed by atoms with Crippen LogP contribution < -0.4 is 4.72 Å². The van der Waals surface area contributed by atoms with Crippen LogP contribution in [-0.2, 0) is 14.8 Å². The molecule has 0 amide bonds. The van der Waals surface area contributed by atoms with Gasteiger partial charge in [0.15, 0.2) is 0 Å². The van der Waals surface area contributed by atoms with Crippen molar-refractivity contribution in [1.82, 2.24) is 4.57 Å². The van der Waals surface area contributed by atoms with Crippen LogP contribution in [0.25, 0.3) is 10.9 Å². The molecule has 0 atom stereocenters. The lowest BCUT2D eigenvalue weighted by molar-refractivity contribution is 0.0603. The summed E-state index contributed by atoms with van der Waals surface area (Å²) in [6.45, 7) is 0. The molecule has 1 N–H and O–H groups in total. The Balaban J connectivity index is 2.17. The second kappa shape index (κ2) is 6.64. The second-order valence-electron chi connectivity index (χ2n) is 5.65. The normalized spacial score (nSPS) is 11.3. The molecule has 0 aliphatic carbocycles. The zero-order valence-electron chi connectivity index (χ0n) is 14.1. The summed E-state index contributed by atoms with van der Waals surface area (Å²) in [4.78, 5) is 25.1. The number of rotatable bonds is 4. The number of methoxy groups -OCH3 is 1. The first-order valence-electron chi connectivity index (χ1n) is 7.62. The Kier molecular flexibility index (Phi) is 4.52. The fraction of sp³-hybridized carbons (Fsp3) is 0.111. The summed E-state index contributed by atoms with van der Waals surface area (Å²) in [6.07, 6.45) is 2.41. The number of benzene rings is 2. The number of esters is 1. The van der Waals surface area contributed by atoms with Gasteiger partial charge in [0.1, 0.15) is 0 Å². The Hall–Kier alpha value is -3.13. The summed E-state index contributed by atoms with van der Waals surface area (Å²) in [7, 11) is -2.29. The van der Waals surface area contributed by atoms with E-state index < -0.39 is 21.9 Å². The standard InChI is InChI=1S/C18H16N2O5S/c1-25-18(22)14-11-20(16-10-6-4-7-12(14)16)17(21)13-8-3-5-9-15(13)19-26(2,23)24/h3-11,19H,1-2H3. The van der Waals surface area contributed by atoms with Crippen molar-refractivity contribution >= 4 is 38.5 Å². The number of para-hydroxylation sites is 2. The number of hydrogen-bond acceptors (Lipinski definition) is 5. The van der Waals surface area contributed by atoms with E-state index in [1.54, 1.807) is 36.4 Å². The Morgan fingerprint density at radius 3 is 2.35 bits per heavy atom. The number of anilines is 1. The fourth-order valence-electron chi connectivity index (χ4n) is 2.71. The summed E-state index contributed by atoms with van der Waals surface area (Å²) in [5.41, 5.74) is 1.10. The molecular weight excluding hydrogens is 356 g/mol. The van der Waals surface area contributed by atoms with Crippen LogP contribution in [0.5, 0.6) is 0 Å². The Morgan fingerprint density at radius 1 is 1.00 bits per heavy atom. The van der Waals surface area contributed by atoms with Gasteiger partial charge in [-0.05, 0) is 18.2 Å². The van der Waals surface area contributed by atoms with Crippen molar-refractivity contribution in [2.24, 2.45) is 0 Å². The third-order valence-corrected chi connectivity index (χ3v) is 4.38. The molecule has 0 aliphatic heterocycles. The van der Waals surface area contributed by atoms with Crippen molar-refractivity contribution in [1.29, 1.82) is 0 Å². The number of carbonyl (C=O) groups is 2. The summed E-state index contributed by atoms with van der Waals surface area (Å²) in [5.74, 6) is -1.03. The summed E-state index contributed by atoms with van der Waals surface area (Å²) in [5, 5.41) is 0.571. The van der Waals surface area contributed by atoms with E-state index >= 15 is 0 Å². The number of aromatic nitrogens is 1. The zero-order chi connectivity index (χ0) is 18.9. The minimum Gasteiger partial charge on any atom is -0.465 e. The van der Waals surface area contributed by atoms with Gasteiger partial charge in [-0.25, -0.2) is 13.2 Å². The summed E-state index contributed by atoms with van der Waals surface area (Å²) < 4.78 is 31.6. The maximum absolute atomic E-state index is 13.1. The highest BCUT2D eigenvalue weighted by Gasteiger charge is 2.21. The predicted octanol–water partition coefficient (Wildman–Crippen LogP) is 2.49. The van der Waals surface area contributed by atoms with Crippen LogP contribution >= 0.6 is 0 Å².